The third kappa shape index (κ3) is 1.17. The van der Waals surface area contributed by atoms with Crippen LogP contribution in [0, 0.1) is 0 Å². The molecule has 2 heterocycles. The van der Waals surface area contributed by atoms with E-state index in [0.717, 1.165) is 12.3 Å². The van der Waals surface area contributed by atoms with E-state index in [9.17, 15) is 0 Å². The number of hydrogen-bond donors (Lipinski definition) is 0. The zero-order valence-corrected chi connectivity index (χ0v) is 10.2. The van der Waals surface area contributed by atoms with Gasteiger partial charge in [-0.25, -0.2) is 0 Å². The highest BCUT2D eigenvalue weighted by molar-refractivity contribution is 5.90. The molecule has 0 saturated carbocycles. The Hall–Kier alpha value is -2.22. The first-order chi connectivity index (χ1) is 8.86. The van der Waals surface area contributed by atoms with Crippen molar-refractivity contribution in [2.75, 3.05) is 7.11 Å². The van der Waals surface area contributed by atoms with Gasteiger partial charge in [-0.15, -0.1) is 0 Å². The van der Waals surface area contributed by atoms with Gasteiger partial charge in [0.05, 0.1) is 7.11 Å². The second-order valence-electron chi connectivity index (χ2n) is 4.70. The zero-order valence-electron chi connectivity index (χ0n) is 10.2. The minimum Gasteiger partial charge on any atom is -0.497 e. The minimum atomic E-state index is 0.917. The van der Waals surface area contributed by atoms with Crippen LogP contribution in [0.15, 0.2) is 48.5 Å². The Kier molecular flexibility index (Phi) is 1.84. The number of nitrogens with zero attached hydrogens (tertiary/aromatic N) is 1. The normalized spacial score (nSPS) is 12.5. The lowest BCUT2D eigenvalue weighted by Gasteiger charge is -2.02. The van der Waals surface area contributed by atoms with E-state index in [0.29, 0.717) is 0 Å². The molecule has 2 nitrogen and oxygen atoms in total. The van der Waals surface area contributed by atoms with E-state index in [4.69, 9.17) is 4.74 Å². The van der Waals surface area contributed by atoms with Gasteiger partial charge in [-0.2, -0.15) is 0 Å². The Labute approximate surface area is 105 Å². The molecular weight excluding hydrogens is 222 g/mol. The first-order valence-corrected chi connectivity index (χ1v) is 6.12. The topological polar surface area (TPSA) is 14.2 Å². The van der Waals surface area contributed by atoms with Gasteiger partial charge in [0.2, 0.25) is 0 Å². The summed E-state index contributed by atoms with van der Waals surface area (Å²) in [6.07, 6.45) is 0. The smallest absolute Gasteiger partial charge is 0.119 e. The second-order valence-corrected chi connectivity index (χ2v) is 4.70. The molecule has 1 aromatic heterocycles. The Bertz CT molecular complexity index is 755. The van der Waals surface area contributed by atoms with Crippen LogP contribution in [-0.4, -0.2) is 11.7 Å². The minimum absolute atomic E-state index is 0.917. The van der Waals surface area contributed by atoms with Gasteiger partial charge in [0.15, 0.2) is 0 Å². The molecule has 88 valence electrons. The van der Waals surface area contributed by atoms with Gasteiger partial charge in [-0.05, 0) is 29.8 Å². The summed E-state index contributed by atoms with van der Waals surface area (Å²) in [5.41, 5.74) is 5.36. The molecule has 18 heavy (non-hydrogen) atoms. The molecule has 1 aliphatic rings. The lowest BCUT2D eigenvalue weighted by Crippen LogP contribution is -1.92. The molecule has 0 fully saturated rings. The van der Waals surface area contributed by atoms with Crippen molar-refractivity contribution in [2.24, 2.45) is 0 Å². The maximum Gasteiger partial charge on any atom is 0.119 e. The van der Waals surface area contributed by atoms with Gasteiger partial charge in [0.1, 0.15) is 5.75 Å². The van der Waals surface area contributed by atoms with Crippen molar-refractivity contribution >= 4 is 10.9 Å². The predicted molar refractivity (Wildman–Crippen MR) is 73.0 cm³/mol. The molecule has 4 rings (SSSR count). The van der Waals surface area contributed by atoms with E-state index < -0.39 is 0 Å². The molecule has 0 N–H and O–H groups in total. The SMILES string of the molecule is COc1ccc2c(c1)cc1n2Cc2ccccc2-1. The van der Waals surface area contributed by atoms with E-state index in [1.54, 1.807) is 7.11 Å². The molecule has 0 aliphatic carbocycles. The summed E-state index contributed by atoms with van der Waals surface area (Å²) in [6.45, 7) is 0.974. The van der Waals surface area contributed by atoms with Gasteiger partial charge in [-0.1, -0.05) is 24.3 Å². The molecule has 3 aromatic rings. The van der Waals surface area contributed by atoms with Crippen molar-refractivity contribution in [3.8, 4) is 17.0 Å². The van der Waals surface area contributed by atoms with E-state index >= 15 is 0 Å². The third-order valence-electron chi connectivity index (χ3n) is 3.73. The van der Waals surface area contributed by atoms with E-state index in [2.05, 4.69) is 47.0 Å². The van der Waals surface area contributed by atoms with E-state index in [-0.39, 0.29) is 0 Å². The Morgan fingerprint density at radius 1 is 1.06 bits per heavy atom. The van der Waals surface area contributed by atoms with Crippen LogP contribution >= 0.6 is 0 Å². The molecular formula is C16H13NO. The van der Waals surface area contributed by atoms with Crippen LogP contribution < -0.4 is 4.74 Å². The number of aromatic nitrogens is 1. The van der Waals surface area contributed by atoms with Crippen molar-refractivity contribution < 1.29 is 4.74 Å². The summed E-state index contributed by atoms with van der Waals surface area (Å²) in [6, 6.07) is 17.1. The number of methoxy groups -OCH3 is 1. The molecule has 0 bridgehead atoms. The Balaban J connectivity index is 2.01. The molecule has 2 aromatic carbocycles. The lowest BCUT2D eigenvalue weighted by molar-refractivity contribution is 0.415. The van der Waals surface area contributed by atoms with Crippen molar-refractivity contribution in [3.05, 3.63) is 54.1 Å². The van der Waals surface area contributed by atoms with Crippen LogP contribution in [0.2, 0.25) is 0 Å². The molecule has 0 atom stereocenters. The average Bonchev–Trinajstić information content (AvgIpc) is 2.93. The third-order valence-corrected chi connectivity index (χ3v) is 3.73. The van der Waals surface area contributed by atoms with Crippen LogP contribution in [-0.2, 0) is 6.54 Å². The summed E-state index contributed by atoms with van der Waals surface area (Å²) in [5.74, 6) is 0.917. The highest BCUT2D eigenvalue weighted by Crippen LogP contribution is 2.37. The number of benzene rings is 2. The standard InChI is InChI=1S/C16H13NO/c1-18-13-6-7-15-12(8-13)9-16-14-5-3-2-4-11(14)10-17(15)16/h2-9H,10H2,1H3. The molecule has 0 spiro atoms. The summed E-state index contributed by atoms with van der Waals surface area (Å²) in [5, 5.41) is 1.25. The largest absolute Gasteiger partial charge is 0.497 e. The van der Waals surface area contributed by atoms with Gasteiger partial charge in [0, 0.05) is 28.7 Å². The first kappa shape index (κ1) is 9.77. The van der Waals surface area contributed by atoms with Crippen molar-refractivity contribution in [1.29, 1.82) is 0 Å². The van der Waals surface area contributed by atoms with Crippen LogP contribution in [0.25, 0.3) is 22.2 Å². The van der Waals surface area contributed by atoms with E-state index in [1.165, 1.54) is 27.7 Å². The monoisotopic (exact) mass is 235 g/mol. The molecule has 0 amide bonds. The van der Waals surface area contributed by atoms with Gasteiger partial charge >= 0.3 is 0 Å². The second kappa shape index (κ2) is 3.39. The highest BCUT2D eigenvalue weighted by atomic mass is 16.5. The van der Waals surface area contributed by atoms with Gasteiger partial charge in [-0.3, -0.25) is 0 Å². The molecule has 1 aliphatic heterocycles. The summed E-state index contributed by atoms with van der Waals surface area (Å²) < 4.78 is 7.66. The lowest BCUT2D eigenvalue weighted by atomic mass is 10.1. The highest BCUT2D eigenvalue weighted by Gasteiger charge is 2.20. The fourth-order valence-electron chi connectivity index (χ4n) is 2.85. The summed E-state index contributed by atoms with van der Waals surface area (Å²) in [4.78, 5) is 0. The predicted octanol–water partition coefficient (Wildman–Crippen LogP) is 3.68. The maximum absolute atomic E-state index is 5.28. The fourth-order valence-corrected chi connectivity index (χ4v) is 2.85. The van der Waals surface area contributed by atoms with Gasteiger partial charge < -0.3 is 9.30 Å². The quantitative estimate of drug-likeness (QED) is 0.491. The number of hydrogen-bond acceptors (Lipinski definition) is 1. The molecule has 0 radical (unpaired) electrons. The van der Waals surface area contributed by atoms with Crippen molar-refractivity contribution in [3.63, 3.8) is 0 Å². The number of ether oxygens (including phenoxy) is 1. The van der Waals surface area contributed by atoms with Crippen LogP contribution in [0.5, 0.6) is 5.75 Å². The van der Waals surface area contributed by atoms with E-state index in [1.807, 2.05) is 6.07 Å². The zero-order chi connectivity index (χ0) is 12.1. The Morgan fingerprint density at radius 2 is 1.94 bits per heavy atom. The maximum atomic E-state index is 5.28. The van der Waals surface area contributed by atoms with Crippen LogP contribution in [0.1, 0.15) is 5.56 Å². The molecule has 0 unspecified atom stereocenters. The van der Waals surface area contributed by atoms with Crippen LogP contribution in [0.3, 0.4) is 0 Å². The van der Waals surface area contributed by atoms with Crippen LogP contribution in [0.4, 0.5) is 0 Å². The Morgan fingerprint density at radius 3 is 2.83 bits per heavy atom. The molecule has 2 heteroatoms. The van der Waals surface area contributed by atoms with Gasteiger partial charge in [0.25, 0.3) is 0 Å². The summed E-state index contributed by atoms with van der Waals surface area (Å²) in [7, 11) is 1.71. The van der Waals surface area contributed by atoms with Crippen molar-refractivity contribution in [1.82, 2.24) is 4.57 Å². The average molecular weight is 235 g/mol. The number of fused-ring (bicyclic) bond motifs is 5. The van der Waals surface area contributed by atoms with Crippen molar-refractivity contribution in [2.45, 2.75) is 6.54 Å². The summed E-state index contributed by atoms with van der Waals surface area (Å²) >= 11 is 0. The molecule has 0 saturated heterocycles. The first-order valence-electron chi connectivity index (χ1n) is 6.12. The fraction of sp³-hybridized carbons (Fsp3) is 0.125. The number of rotatable bonds is 1.